The van der Waals surface area contributed by atoms with Crippen molar-refractivity contribution in [1.82, 2.24) is 4.90 Å². The van der Waals surface area contributed by atoms with Gasteiger partial charge in [0.15, 0.2) is 0 Å². The number of aliphatic imine (C=N–C) groups is 1. The number of carboxylic acids is 2. The van der Waals surface area contributed by atoms with Crippen LogP contribution in [0.5, 0.6) is 0 Å². The summed E-state index contributed by atoms with van der Waals surface area (Å²) < 4.78 is 0. The first-order valence-electron chi connectivity index (χ1n) is 9.04. The summed E-state index contributed by atoms with van der Waals surface area (Å²) >= 11 is 0. The Bertz CT molecular complexity index is 836. The molecule has 2 aromatic carbocycles. The zero-order valence-corrected chi connectivity index (χ0v) is 15.4. The number of carboxylic acid groups (broad SMARTS) is 2. The molecule has 6 heteroatoms. The Labute approximate surface area is 163 Å². The van der Waals surface area contributed by atoms with E-state index in [-0.39, 0.29) is 5.41 Å². The third-order valence-electron chi connectivity index (χ3n) is 4.97. The highest BCUT2D eigenvalue weighted by atomic mass is 16.4. The van der Waals surface area contributed by atoms with Crippen LogP contribution in [0.1, 0.15) is 17.5 Å². The topological polar surface area (TPSA) is 90.2 Å². The van der Waals surface area contributed by atoms with Gasteiger partial charge in [-0.25, -0.2) is 9.59 Å². The predicted molar refractivity (Wildman–Crippen MR) is 107 cm³/mol. The van der Waals surface area contributed by atoms with E-state index in [0.717, 1.165) is 26.1 Å². The molecule has 2 N–H and O–H groups in total. The average molecular weight is 378 g/mol. The summed E-state index contributed by atoms with van der Waals surface area (Å²) in [5, 5.41) is 15.6. The maximum Gasteiger partial charge on any atom is 0.328 e. The molecule has 6 nitrogen and oxygen atoms in total. The van der Waals surface area contributed by atoms with Gasteiger partial charge in [-0.1, -0.05) is 60.7 Å². The minimum Gasteiger partial charge on any atom is -0.478 e. The second kappa shape index (κ2) is 8.52. The monoisotopic (exact) mass is 378 g/mol. The number of hydrogen-bond acceptors (Lipinski definition) is 4. The normalized spacial score (nSPS) is 16.9. The molecule has 0 atom stereocenters. The molecule has 1 fully saturated rings. The molecule has 0 spiro atoms. The van der Waals surface area contributed by atoms with Gasteiger partial charge in [0, 0.05) is 37.1 Å². The molecule has 4 rings (SSSR count). The van der Waals surface area contributed by atoms with Crippen LogP contribution >= 0.6 is 0 Å². The average Bonchev–Trinajstić information content (AvgIpc) is 3.29. The quantitative estimate of drug-likeness (QED) is 0.799. The smallest absolute Gasteiger partial charge is 0.328 e. The van der Waals surface area contributed by atoms with Crippen molar-refractivity contribution in [2.45, 2.75) is 11.8 Å². The van der Waals surface area contributed by atoms with Crippen LogP contribution in [0, 0.1) is 0 Å². The van der Waals surface area contributed by atoms with Gasteiger partial charge in [0.1, 0.15) is 5.84 Å². The molecule has 0 aliphatic carbocycles. The van der Waals surface area contributed by atoms with Crippen molar-refractivity contribution in [3.05, 3.63) is 83.9 Å². The third-order valence-corrected chi connectivity index (χ3v) is 4.97. The molecule has 0 bridgehead atoms. The van der Waals surface area contributed by atoms with E-state index < -0.39 is 11.9 Å². The minimum absolute atomic E-state index is 0.0712. The fourth-order valence-corrected chi connectivity index (χ4v) is 3.73. The molecule has 0 unspecified atom stereocenters. The molecule has 2 aromatic rings. The summed E-state index contributed by atoms with van der Waals surface area (Å²) in [5.74, 6) is -1.22. The van der Waals surface area contributed by atoms with E-state index >= 15 is 0 Å². The molecule has 2 aliphatic rings. The summed E-state index contributed by atoms with van der Waals surface area (Å²) in [6.07, 6.45) is 2.14. The van der Waals surface area contributed by atoms with Gasteiger partial charge in [-0.2, -0.15) is 0 Å². The van der Waals surface area contributed by atoms with Crippen LogP contribution in [-0.2, 0) is 15.0 Å². The van der Waals surface area contributed by atoms with Crippen molar-refractivity contribution in [3.63, 3.8) is 0 Å². The predicted octanol–water partition coefficient (Wildman–Crippen LogP) is 2.80. The number of aliphatic carboxylic acids is 2. The second-order valence-corrected chi connectivity index (χ2v) is 6.72. The zero-order valence-electron chi connectivity index (χ0n) is 15.4. The Morgan fingerprint density at radius 3 is 1.82 bits per heavy atom. The lowest BCUT2D eigenvalue weighted by Gasteiger charge is -2.30. The Morgan fingerprint density at radius 1 is 0.893 bits per heavy atom. The summed E-state index contributed by atoms with van der Waals surface area (Å²) in [6, 6.07) is 21.8. The number of rotatable bonds is 4. The molecule has 144 valence electrons. The lowest BCUT2D eigenvalue weighted by Crippen LogP contribution is -2.32. The van der Waals surface area contributed by atoms with Gasteiger partial charge >= 0.3 is 11.9 Å². The van der Waals surface area contributed by atoms with Crippen molar-refractivity contribution in [3.8, 4) is 0 Å². The highest BCUT2D eigenvalue weighted by Crippen LogP contribution is 2.42. The summed E-state index contributed by atoms with van der Waals surface area (Å²) in [6.45, 7) is 3.10. The summed E-state index contributed by atoms with van der Waals surface area (Å²) in [5.41, 5.74) is 2.88. The Balaban J connectivity index is 0.000000242. The Kier molecular flexibility index (Phi) is 5.89. The van der Waals surface area contributed by atoms with Gasteiger partial charge in [0.2, 0.25) is 0 Å². The second-order valence-electron chi connectivity index (χ2n) is 6.72. The van der Waals surface area contributed by atoms with E-state index in [1.165, 1.54) is 17.0 Å². The standard InChI is InChI=1S/C18H18N2.C4H4O4/c1-3-7-15(8-4-1)18(16-9-5-2-6-10-16)13-17-19-11-12-20(17)14-18;5-3(6)1-2-4(7)8/h1-10H,11-14H2;1-2H,(H,5,6)(H,7,8)/b;2-1+. The zero-order chi connectivity index (χ0) is 20.0. The van der Waals surface area contributed by atoms with Gasteiger partial charge in [-0.05, 0) is 11.1 Å². The third kappa shape index (κ3) is 4.28. The molecule has 1 saturated heterocycles. The minimum atomic E-state index is -1.26. The number of hydrogen-bond donors (Lipinski definition) is 2. The van der Waals surface area contributed by atoms with Crippen molar-refractivity contribution in [2.75, 3.05) is 19.6 Å². The molecule has 0 saturated carbocycles. The molecule has 28 heavy (non-hydrogen) atoms. The first kappa shape index (κ1) is 19.4. The lowest BCUT2D eigenvalue weighted by atomic mass is 9.73. The van der Waals surface area contributed by atoms with Crippen LogP contribution in [0.3, 0.4) is 0 Å². The Hall–Kier alpha value is -3.41. The molecule has 2 heterocycles. The van der Waals surface area contributed by atoms with Gasteiger partial charge in [0.05, 0.1) is 6.54 Å². The Morgan fingerprint density at radius 2 is 1.39 bits per heavy atom. The maximum atomic E-state index is 9.55. The van der Waals surface area contributed by atoms with Crippen molar-refractivity contribution < 1.29 is 19.8 Å². The summed E-state index contributed by atoms with van der Waals surface area (Å²) in [7, 11) is 0. The van der Waals surface area contributed by atoms with Crippen molar-refractivity contribution >= 4 is 17.8 Å². The fourth-order valence-electron chi connectivity index (χ4n) is 3.73. The molecular weight excluding hydrogens is 356 g/mol. The van der Waals surface area contributed by atoms with Gasteiger partial charge in [-0.15, -0.1) is 0 Å². The van der Waals surface area contributed by atoms with E-state index in [4.69, 9.17) is 10.2 Å². The van der Waals surface area contributed by atoms with E-state index in [2.05, 4.69) is 70.6 Å². The number of amidine groups is 1. The van der Waals surface area contributed by atoms with Crippen LogP contribution in [0.2, 0.25) is 0 Å². The molecular formula is C22H22N2O4. The highest BCUT2D eigenvalue weighted by molar-refractivity contribution is 5.89. The summed E-state index contributed by atoms with van der Waals surface area (Å²) in [4.78, 5) is 26.3. The molecule has 0 amide bonds. The molecule has 0 aromatic heterocycles. The molecule has 2 aliphatic heterocycles. The number of nitrogens with zero attached hydrogens (tertiary/aromatic N) is 2. The van der Waals surface area contributed by atoms with Crippen molar-refractivity contribution in [2.24, 2.45) is 4.99 Å². The van der Waals surface area contributed by atoms with E-state index in [9.17, 15) is 9.59 Å². The van der Waals surface area contributed by atoms with Crippen molar-refractivity contribution in [1.29, 1.82) is 0 Å². The van der Waals surface area contributed by atoms with Gasteiger partial charge in [0.25, 0.3) is 0 Å². The van der Waals surface area contributed by atoms with E-state index in [0.29, 0.717) is 12.2 Å². The van der Waals surface area contributed by atoms with Gasteiger partial charge < -0.3 is 15.1 Å². The molecule has 0 radical (unpaired) electrons. The number of fused-ring (bicyclic) bond motifs is 1. The number of benzene rings is 2. The van der Waals surface area contributed by atoms with Crippen LogP contribution in [0.4, 0.5) is 0 Å². The van der Waals surface area contributed by atoms with Crippen LogP contribution in [0.25, 0.3) is 0 Å². The SMILES string of the molecule is O=C(O)/C=C/C(=O)O.c1ccc(C2(c3ccccc3)CC3=NCCN3C2)cc1. The first-order valence-corrected chi connectivity index (χ1v) is 9.04. The number of carbonyl (C=O) groups is 2. The largest absolute Gasteiger partial charge is 0.478 e. The first-order chi connectivity index (χ1) is 13.5. The van der Waals surface area contributed by atoms with Crippen LogP contribution in [-0.4, -0.2) is 52.5 Å². The van der Waals surface area contributed by atoms with E-state index in [1.54, 1.807) is 0 Å². The maximum absolute atomic E-state index is 9.55. The van der Waals surface area contributed by atoms with Crippen LogP contribution in [0.15, 0.2) is 77.8 Å². The fraction of sp³-hybridized carbons (Fsp3) is 0.227. The van der Waals surface area contributed by atoms with Gasteiger partial charge in [-0.3, -0.25) is 4.99 Å². The van der Waals surface area contributed by atoms with E-state index in [1.807, 2.05) is 0 Å². The lowest BCUT2D eigenvalue weighted by molar-refractivity contribution is -0.134. The van der Waals surface area contributed by atoms with Crippen LogP contribution < -0.4 is 0 Å². The highest BCUT2D eigenvalue weighted by Gasteiger charge is 2.45.